The summed E-state index contributed by atoms with van der Waals surface area (Å²) in [5, 5.41) is 0.961. The van der Waals surface area contributed by atoms with Gasteiger partial charge in [-0.3, -0.25) is 14.6 Å². The maximum absolute atomic E-state index is 11.8. The molecule has 1 atom stereocenters. The lowest BCUT2D eigenvalue weighted by molar-refractivity contribution is -0.156. The number of carbonyl (C=O) groups excluding carboxylic acids is 2. The number of hydrogen-bond acceptors (Lipinski definition) is 5. The summed E-state index contributed by atoms with van der Waals surface area (Å²) < 4.78 is 5.22. The van der Waals surface area contributed by atoms with Gasteiger partial charge in [-0.25, -0.2) is 5.84 Å². The number of rotatable bonds is 5. The van der Waals surface area contributed by atoms with Gasteiger partial charge in [0.25, 0.3) is 0 Å². The minimum atomic E-state index is -0.757. The van der Waals surface area contributed by atoms with Crippen molar-refractivity contribution >= 4 is 18.1 Å². The molecule has 110 valence electrons. The van der Waals surface area contributed by atoms with Crippen LogP contribution in [0.25, 0.3) is 0 Å². The van der Waals surface area contributed by atoms with Crippen LogP contribution in [0, 0.1) is 0 Å². The van der Waals surface area contributed by atoms with Crippen LogP contribution >= 0.6 is 0 Å². The molecule has 0 radical (unpaired) electrons. The van der Waals surface area contributed by atoms with E-state index in [1.54, 1.807) is 39.0 Å². The largest absolute Gasteiger partial charge is 0.459 e. The van der Waals surface area contributed by atoms with E-state index in [2.05, 4.69) is 0 Å². The number of carbonyl (C=O) groups is 2. The molecule has 4 N–H and O–H groups in total. The number of esters is 1. The number of amides is 1. The molecular formula is C14H21N3O3. The molecule has 0 spiro atoms. The first-order chi connectivity index (χ1) is 9.23. The Morgan fingerprint density at radius 3 is 2.65 bits per heavy atom. The van der Waals surface area contributed by atoms with Crippen molar-refractivity contribution in [2.45, 2.75) is 38.8 Å². The standard InChI is InChI=1S/C14H21N3O3/c1-14(2,3)20-13(19)12(15)8-10-5-4-6-11(7-10)17(16)9-18/h4-7,9,12H,8,15-16H2,1-3H3. The zero-order chi connectivity index (χ0) is 15.3. The molecule has 1 aromatic carbocycles. The summed E-state index contributed by atoms with van der Waals surface area (Å²) in [6, 6.07) is 6.20. The molecular weight excluding hydrogens is 258 g/mol. The molecule has 0 bridgehead atoms. The molecule has 1 amide bonds. The predicted molar refractivity (Wildman–Crippen MR) is 76.7 cm³/mol. The second-order valence-corrected chi connectivity index (χ2v) is 5.53. The lowest BCUT2D eigenvalue weighted by Crippen LogP contribution is -2.38. The van der Waals surface area contributed by atoms with Crippen molar-refractivity contribution in [2.24, 2.45) is 11.6 Å². The van der Waals surface area contributed by atoms with E-state index in [4.69, 9.17) is 16.3 Å². The van der Waals surface area contributed by atoms with E-state index >= 15 is 0 Å². The monoisotopic (exact) mass is 279 g/mol. The van der Waals surface area contributed by atoms with Gasteiger partial charge in [-0.2, -0.15) is 0 Å². The van der Waals surface area contributed by atoms with Crippen molar-refractivity contribution in [3.8, 4) is 0 Å². The van der Waals surface area contributed by atoms with E-state index in [1.807, 2.05) is 6.07 Å². The second kappa shape index (κ2) is 6.49. The van der Waals surface area contributed by atoms with Gasteiger partial charge < -0.3 is 10.5 Å². The molecule has 0 aliphatic carbocycles. The molecule has 0 aliphatic heterocycles. The Morgan fingerprint density at radius 1 is 1.45 bits per heavy atom. The number of nitrogens with zero attached hydrogens (tertiary/aromatic N) is 1. The first kappa shape index (κ1) is 16.1. The molecule has 0 heterocycles. The van der Waals surface area contributed by atoms with Gasteiger partial charge in [0.15, 0.2) is 0 Å². The van der Waals surface area contributed by atoms with Crippen molar-refractivity contribution in [3.05, 3.63) is 29.8 Å². The van der Waals surface area contributed by atoms with E-state index in [0.717, 1.165) is 10.6 Å². The average molecular weight is 279 g/mol. The first-order valence-electron chi connectivity index (χ1n) is 6.29. The highest BCUT2D eigenvalue weighted by atomic mass is 16.6. The maximum Gasteiger partial charge on any atom is 0.323 e. The maximum atomic E-state index is 11.8. The van der Waals surface area contributed by atoms with Crippen LogP contribution in [0.5, 0.6) is 0 Å². The van der Waals surface area contributed by atoms with Crippen molar-refractivity contribution in [1.82, 2.24) is 0 Å². The first-order valence-corrected chi connectivity index (χ1v) is 6.29. The number of benzene rings is 1. The summed E-state index contributed by atoms with van der Waals surface area (Å²) >= 11 is 0. The van der Waals surface area contributed by atoms with Crippen molar-refractivity contribution in [3.63, 3.8) is 0 Å². The second-order valence-electron chi connectivity index (χ2n) is 5.53. The van der Waals surface area contributed by atoms with E-state index in [0.29, 0.717) is 18.5 Å². The highest BCUT2D eigenvalue weighted by molar-refractivity contribution is 5.77. The van der Waals surface area contributed by atoms with Gasteiger partial charge in [-0.1, -0.05) is 12.1 Å². The Balaban J connectivity index is 2.73. The van der Waals surface area contributed by atoms with Crippen LogP contribution in [0.1, 0.15) is 26.3 Å². The van der Waals surface area contributed by atoms with Crippen molar-refractivity contribution in [1.29, 1.82) is 0 Å². The van der Waals surface area contributed by atoms with Crippen LogP contribution in [0.15, 0.2) is 24.3 Å². The van der Waals surface area contributed by atoms with Crippen LogP contribution in [0.2, 0.25) is 0 Å². The highest BCUT2D eigenvalue weighted by Crippen LogP contribution is 2.15. The SMILES string of the molecule is CC(C)(C)OC(=O)C(N)Cc1cccc(N(N)C=O)c1. The molecule has 1 rings (SSSR count). The highest BCUT2D eigenvalue weighted by Gasteiger charge is 2.22. The summed E-state index contributed by atoms with van der Waals surface area (Å²) in [7, 11) is 0. The number of ether oxygens (including phenoxy) is 1. The van der Waals surface area contributed by atoms with Crippen LogP contribution in [-0.2, 0) is 20.7 Å². The number of hydrazine groups is 1. The lowest BCUT2D eigenvalue weighted by atomic mass is 10.1. The van der Waals surface area contributed by atoms with Crippen LogP contribution in [0.3, 0.4) is 0 Å². The molecule has 20 heavy (non-hydrogen) atoms. The third-order valence-electron chi connectivity index (χ3n) is 2.49. The summed E-state index contributed by atoms with van der Waals surface area (Å²) in [4.78, 5) is 22.4. The molecule has 0 saturated carbocycles. The summed E-state index contributed by atoms with van der Waals surface area (Å²) in [5.41, 5.74) is 6.60. The summed E-state index contributed by atoms with van der Waals surface area (Å²) in [6.45, 7) is 5.36. The Labute approximate surface area is 118 Å². The van der Waals surface area contributed by atoms with Crippen molar-refractivity contribution < 1.29 is 14.3 Å². The minimum Gasteiger partial charge on any atom is -0.459 e. The van der Waals surface area contributed by atoms with Gasteiger partial charge in [0.05, 0.1) is 5.69 Å². The number of anilines is 1. The van der Waals surface area contributed by atoms with Gasteiger partial charge in [-0.15, -0.1) is 0 Å². The smallest absolute Gasteiger partial charge is 0.323 e. The Morgan fingerprint density at radius 2 is 2.10 bits per heavy atom. The van der Waals surface area contributed by atoms with E-state index in [1.165, 1.54) is 0 Å². The summed E-state index contributed by atoms with van der Waals surface area (Å²) in [6.07, 6.45) is 0.822. The minimum absolute atomic E-state index is 0.315. The Kier molecular flexibility index (Phi) is 5.24. The molecule has 0 aliphatic rings. The van der Waals surface area contributed by atoms with Crippen LogP contribution in [0.4, 0.5) is 5.69 Å². The average Bonchev–Trinajstić information content (AvgIpc) is 2.36. The lowest BCUT2D eigenvalue weighted by Gasteiger charge is -2.22. The van der Waals surface area contributed by atoms with Gasteiger partial charge >= 0.3 is 5.97 Å². The third-order valence-corrected chi connectivity index (χ3v) is 2.49. The fourth-order valence-corrected chi connectivity index (χ4v) is 1.62. The molecule has 0 saturated heterocycles. The van der Waals surface area contributed by atoms with Gasteiger partial charge in [0.1, 0.15) is 11.6 Å². The number of nitrogens with two attached hydrogens (primary N) is 2. The number of hydrogen-bond donors (Lipinski definition) is 2. The fraction of sp³-hybridized carbons (Fsp3) is 0.429. The molecule has 1 aromatic rings. The van der Waals surface area contributed by atoms with E-state index in [-0.39, 0.29) is 0 Å². The fourth-order valence-electron chi connectivity index (χ4n) is 1.62. The predicted octanol–water partition coefficient (Wildman–Crippen LogP) is 0.735. The van der Waals surface area contributed by atoms with Gasteiger partial charge in [-0.05, 0) is 44.9 Å². The third kappa shape index (κ3) is 4.99. The summed E-state index contributed by atoms with van der Waals surface area (Å²) in [5.74, 6) is 5.02. The molecule has 6 nitrogen and oxygen atoms in total. The molecule has 1 unspecified atom stereocenters. The molecule has 0 aromatic heterocycles. The van der Waals surface area contributed by atoms with Crippen LogP contribution < -0.4 is 16.6 Å². The quantitative estimate of drug-likeness (QED) is 0.272. The normalized spacial score (nSPS) is 12.7. The zero-order valence-electron chi connectivity index (χ0n) is 12.0. The zero-order valence-corrected chi connectivity index (χ0v) is 12.0. The van der Waals surface area contributed by atoms with E-state index < -0.39 is 17.6 Å². The molecule has 6 heteroatoms. The van der Waals surface area contributed by atoms with Crippen molar-refractivity contribution in [2.75, 3.05) is 5.01 Å². The Hall–Kier alpha value is -1.92. The van der Waals surface area contributed by atoms with Gasteiger partial charge in [0, 0.05) is 0 Å². The Bertz CT molecular complexity index is 483. The van der Waals surface area contributed by atoms with Crippen LogP contribution in [-0.4, -0.2) is 24.0 Å². The van der Waals surface area contributed by atoms with E-state index in [9.17, 15) is 9.59 Å². The van der Waals surface area contributed by atoms with Gasteiger partial charge in [0.2, 0.25) is 6.41 Å². The topological polar surface area (TPSA) is 98.7 Å². The molecule has 0 fully saturated rings.